The molecule has 0 saturated carbocycles. The molecule has 0 atom stereocenters. The van der Waals surface area contributed by atoms with Crippen LogP contribution in [0.4, 0.5) is 5.13 Å². The quantitative estimate of drug-likeness (QED) is 0.611. The molecule has 72 valence electrons. The second kappa shape index (κ2) is 3.63. The molecule has 0 unspecified atom stereocenters. The summed E-state index contributed by atoms with van der Waals surface area (Å²) in [7, 11) is 1.76. The number of hydrogen-bond acceptors (Lipinski definition) is 4. The molecule has 4 nitrogen and oxygen atoms in total. The molecule has 0 saturated heterocycles. The van der Waals surface area contributed by atoms with Gasteiger partial charge in [0.1, 0.15) is 0 Å². The van der Waals surface area contributed by atoms with Crippen molar-refractivity contribution in [1.29, 1.82) is 0 Å². The highest BCUT2D eigenvalue weighted by molar-refractivity contribution is 7.22. The van der Waals surface area contributed by atoms with Gasteiger partial charge in [0, 0.05) is 7.05 Å². The maximum Gasteiger partial charge on any atom is 0.225 e. The van der Waals surface area contributed by atoms with Crippen molar-refractivity contribution >= 4 is 33.1 Å². The van der Waals surface area contributed by atoms with Crippen molar-refractivity contribution in [2.75, 3.05) is 12.1 Å². The number of carbonyl (C=O) groups excluding carboxylic acids is 1. The maximum absolute atomic E-state index is 10.2. The number of carbonyl (C=O) groups is 1. The van der Waals surface area contributed by atoms with Gasteiger partial charge in [0.05, 0.1) is 10.2 Å². The van der Waals surface area contributed by atoms with Crippen molar-refractivity contribution in [2.24, 2.45) is 0 Å². The first-order chi connectivity index (χ1) is 6.81. The largest absolute Gasteiger partial charge is 0.277 e. The van der Waals surface area contributed by atoms with Crippen LogP contribution in [0.3, 0.4) is 0 Å². The van der Waals surface area contributed by atoms with Crippen LogP contribution in [0.2, 0.25) is 0 Å². The Morgan fingerprint density at radius 1 is 1.50 bits per heavy atom. The molecule has 1 aromatic carbocycles. The highest BCUT2D eigenvalue weighted by atomic mass is 32.1. The molecule has 0 aliphatic rings. The highest BCUT2D eigenvalue weighted by Crippen LogP contribution is 2.26. The standard InChI is InChI=1S/C9H9N3OS/c1-12(10-6-13)9-11-7-4-2-3-5-8(7)14-9/h2-6H,1H3,(H,10,13). The number of benzene rings is 1. The van der Waals surface area contributed by atoms with Crippen LogP contribution < -0.4 is 10.4 Å². The Bertz CT molecular complexity index is 421. The Labute approximate surface area is 85.1 Å². The Hall–Kier alpha value is -1.62. The fourth-order valence-corrected chi connectivity index (χ4v) is 2.03. The summed E-state index contributed by atoms with van der Waals surface area (Å²) in [4.78, 5) is 14.6. The van der Waals surface area contributed by atoms with E-state index in [4.69, 9.17) is 0 Å². The van der Waals surface area contributed by atoms with Crippen LogP contribution in [0.15, 0.2) is 24.3 Å². The number of para-hydroxylation sites is 1. The van der Waals surface area contributed by atoms with Crippen molar-refractivity contribution < 1.29 is 4.79 Å². The number of fused-ring (bicyclic) bond motifs is 1. The summed E-state index contributed by atoms with van der Waals surface area (Å²) in [5.41, 5.74) is 3.47. The molecule has 1 aromatic heterocycles. The van der Waals surface area contributed by atoms with Crippen LogP contribution in [0.1, 0.15) is 0 Å². The maximum atomic E-state index is 10.2. The molecule has 1 N–H and O–H groups in total. The lowest BCUT2D eigenvalue weighted by Gasteiger charge is -2.11. The van der Waals surface area contributed by atoms with Crippen molar-refractivity contribution in [3.05, 3.63) is 24.3 Å². The van der Waals surface area contributed by atoms with Gasteiger partial charge in [-0.1, -0.05) is 23.5 Å². The Kier molecular flexibility index (Phi) is 2.32. The minimum Gasteiger partial charge on any atom is -0.277 e. The second-order valence-electron chi connectivity index (χ2n) is 2.77. The highest BCUT2D eigenvalue weighted by Gasteiger charge is 2.06. The van der Waals surface area contributed by atoms with Crippen molar-refractivity contribution in [1.82, 2.24) is 10.4 Å². The zero-order chi connectivity index (χ0) is 9.97. The number of nitrogens with zero attached hydrogens (tertiary/aromatic N) is 2. The monoisotopic (exact) mass is 207 g/mol. The zero-order valence-electron chi connectivity index (χ0n) is 7.60. The van der Waals surface area contributed by atoms with E-state index in [0.717, 1.165) is 15.3 Å². The summed E-state index contributed by atoms with van der Waals surface area (Å²) in [5, 5.41) is 2.37. The molecule has 0 aliphatic carbocycles. The number of amides is 1. The van der Waals surface area contributed by atoms with Gasteiger partial charge in [0.25, 0.3) is 0 Å². The van der Waals surface area contributed by atoms with E-state index >= 15 is 0 Å². The number of aromatic nitrogens is 1. The molecule has 14 heavy (non-hydrogen) atoms. The lowest BCUT2D eigenvalue weighted by Crippen LogP contribution is -2.32. The fraction of sp³-hybridized carbons (Fsp3) is 0.111. The van der Waals surface area contributed by atoms with Crippen LogP contribution in [0.25, 0.3) is 10.2 Å². The first kappa shape index (κ1) is 8.96. The van der Waals surface area contributed by atoms with Gasteiger partial charge in [-0.05, 0) is 12.1 Å². The molecule has 2 rings (SSSR count). The van der Waals surface area contributed by atoms with Crippen molar-refractivity contribution in [3.63, 3.8) is 0 Å². The first-order valence-electron chi connectivity index (χ1n) is 4.10. The normalized spacial score (nSPS) is 10.1. The van der Waals surface area contributed by atoms with Crippen LogP contribution >= 0.6 is 11.3 Å². The molecule has 2 aromatic rings. The smallest absolute Gasteiger partial charge is 0.225 e. The Balaban J connectivity index is 2.39. The summed E-state index contributed by atoms with van der Waals surface area (Å²) in [6.45, 7) is 0. The minimum absolute atomic E-state index is 0.631. The molecule has 0 radical (unpaired) electrons. The predicted molar refractivity (Wildman–Crippen MR) is 57.2 cm³/mol. The number of hydrazine groups is 1. The predicted octanol–water partition coefficient (Wildman–Crippen LogP) is 1.39. The fourth-order valence-electron chi connectivity index (χ4n) is 1.14. The molecule has 0 fully saturated rings. The van der Waals surface area contributed by atoms with Gasteiger partial charge in [0.2, 0.25) is 11.5 Å². The number of thiazole rings is 1. The lowest BCUT2D eigenvalue weighted by atomic mass is 10.3. The van der Waals surface area contributed by atoms with Crippen molar-refractivity contribution in [3.8, 4) is 0 Å². The first-order valence-corrected chi connectivity index (χ1v) is 4.92. The summed E-state index contributed by atoms with van der Waals surface area (Å²) in [5.74, 6) is 0. The number of anilines is 1. The van der Waals surface area contributed by atoms with Crippen molar-refractivity contribution in [2.45, 2.75) is 0 Å². The SMILES string of the molecule is CN(NC=O)c1nc2ccccc2s1. The van der Waals surface area contributed by atoms with Gasteiger partial charge in [-0.2, -0.15) is 0 Å². The van der Waals surface area contributed by atoms with Gasteiger partial charge in [-0.15, -0.1) is 0 Å². The third kappa shape index (κ3) is 1.54. The van der Waals surface area contributed by atoms with Gasteiger partial charge in [-0.25, -0.2) is 4.98 Å². The molecule has 0 bridgehead atoms. The zero-order valence-corrected chi connectivity index (χ0v) is 8.41. The van der Waals surface area contributed by atoms with Crippen LogP contribution in [-0.4, -0.2) is 18.4 Å². The summed E-state index contributed by atoms with van der Waals surface area (Å²) < 4.78 is 1.11. The molecule has 5 heteroatoms. The average Bonchev–Trinajstić information content (AvgIpc) is 2.61. The van der Waals surface area contributed by atoms with Crippen LogP contribution in [0, 0.1) is 0 Å². The van der Waals surface area contributed by atoms with E-state index in [2.05, 4.69) is 10.4 Å². The van der Waals surface area contributed by atoms with E-state index in [9.17, 15) is 4.79 Å². The molecular weight excluding hydrogens is 198 g/mol. The number of hydrogen-bond donors (Lipinski definition) is 1. The van der Waals surface area contributed by atoms with Gasteiger partial charge >= 0.3 is 0 Å². The van der Waals surface area contributed by atoms with E-state index < -0.39 is 0 Å². The molecule has 0 aliphatic heterocycles. The van der Waals surface area contributed by atoms with Gasteiger partial charge in [0.15, 0.2) is 0 Å². The van der Waals surface area contributed by atoms with Gasteiger partial charge < -0.3 is 0 Å². The minimum atomic E-state index is 0.631. The van der Waals surface area contributed by atoms with Gasteiger partial charge in [-0.3, -0.25) is 15.2 Å². The Morgan fingerprint density at radius 2 is 2.29 bits per heavy atom. The van der Waals surface area contributed by atoms with Crippen LogP contribution in [0.5, 0.6) is 0 Å². The number of nitrogens with one attached hydrogen (secondary N) is 1. The summed E-state index contributed by atoms with van der Waals surface area (Å²) >= 11 is 1.54. The summed E-state index contributed by atoms with van der Waals surface area (Å²) in [6, 6.07) is 7.87. The van der Waals surface area contributed by atoms with E-state index in [-0.39, 0.29) is 0 Å². The molecule has 1 amide bonds. The Morgan fingerprint density at radius 3 is 3.00 bits per heavy atom. The third-order valence-electron chi connectivity index (χ3n) is 1.82. The lowest BCUT2D eigenvalue weighted by molar-refractivity contribution is -0.109. The van der Waals surface area contributed by atoms with Crippen LogP contribution in [-0.2, 0) is 4.79 Å². The van der Waals surface area contributed by atoms with E-state index in [1.807, 2.05) is 24.3 Å². The molecular formula is C9H9N3OS. The van der Waals surface area contributed by atoms with E-state index in [0.29, 0.717) is 6.41 Å². The third-order valence-corrected chi connectivity index (χ3v) is 2.93. The average molecular weight is 207 g/mol. The molecule has 1 heterocycles. The summed E-state index contributed by atoms with van der Waals surface area (Å²) in [6.07, 6.45) is 0.631. The number of rotatable bonds is 3. The molecule has 0 spiro atoms. The van der Waals surface area contributed by atoms with E-state index in [1.54, 1.807) is 12.1 Å². The topological polar surface area (TPSA) is 45.2 Å². The second-order valence-corrected chi connectivity index (χ2v) is 3.78. The van der Waals surface area contributed by atoms with E-state index in [1.165, 1.54) is 11.3 Å².